The van der Waals surface area contributed by atoms with Gasteiger partial charge in [0.1, 0.15) is 0 Å². The Balaban J connectivity index is 2.59. The van der Waals surface area contributed by atoms with Gasteiger partial charge in [0, 0.05) is 13.1 Å². The smallest absolute Gasteiger partial charge is 0.216 e. The average Bonchev–Trinajstić information content (AvgIpc) is 2.63. The molecule has 0 aromatic heterocycles. The second kappa shape index (κ2) is 2.73. The molecular weight excluding hydrogens is 164 g/mol. The zero-order valence-corrected chi connectivity index (χ0v) is 7.63. The van der Waals surface area contributed by atoms with Crippen molar-refractivity contribution in [3.8, 4) is 0 Å². The van der Waals surface area contributed by atoms with Crippen molar-refractivity contribution in [3.63, 3.8) is 0 Å². The van der Waals surface area contributed by atoms with Gasteiger partial charge in [-0.2, -0.15) is 12.7 Å². The Morgan fingerprint density at radius 1 is 1.55 bits per heavy atom. The van der Waals surface area contributed by atoms with E-state index in [1.54, 1.807) is 0 Å². The minimum Gasteiger partial charge on any atom is -0.216 e. The predicted molar refractivity (Wildman–Crippen MR) is 43.1 cm³/mol. The van der Waals surface area contributed by atoms with Crippen LogP contribution in [0.2, 0.25) is 0 Å². The van der Waals surface area contributed by atoms with Crippen molar-refractivity contribution < 1.29 is 8.42 Å². The van der Waals surface area contributed by atoms with Crippen LogP contribution in [0.4, 0.5) is 0 Å². The third kappa shape index (κ3) is 2.15. The van der Waals surface area contributed by atoms with Crippen LogP contribution in [0.25, 0.3) is 0 Å². The number of nitrogens with zero attached hydrogens (tertiary/aromatic N) is 1. The van der Waals surface area contributed by atoms with Gasteiger partial charge in [0.2, 0.25) is 0 Å². The fourth-order valence-corrected chi connectivity index (χ4v) is 1.74. The lowest BCUT2D eigenvalue weighted by atomic mass is 10.2. The molecule has 0 aliphatic heterocycles. The Morgan fingerprint density at radius 2 is 2.00 bits per heavy atom. The molecule has 0 heterocycles. The minimum atomic E-state index is -3.47. The summed E-state index contributed by atoms with van der Waals surface area (Å²) in [5, 5.41) is 4.94. The molecule has 1 rings (SSSR count). The lowest BCUT2D eigenvalue weighted by Gasteiger charge is -2.21. The van der Waals surface area contributed by atoms with Crippen LogP contribution in [0.1, 0.15) is 19.8 Å². The van der Waals surface area contributed by atoms with Crippen molar-refractivity contribution in [2.45, 2.75) is 25.8 Å². The van der Waals surface area contributed by atoms with Crippen LogP contribution in [-0.2, 0) is 10.2 Å². The second-order valence-electron chi connectivity index (χ2n) is 3.14. The molecule has 5 heteroatoms. The van der Waals surface area contributed by atoms with E-state index >= 15 is 0 Å². The van der Waals surface area contributed by atoms with Gasteiger partial charge in [-0.15, -0.1) is 0 Å². The highest BCUT2D eigenvalue weighted by atomic mass is 32.2. The standard InChI is InChI=1S/C6H14N2O2S/c1-5(6-3-4-6)8(2)11(7,9)10/h5-6H,3-4H2,1-2H3,(H2,7,9,10)/t5-/m1/s1. The monoisotopic (exact) mass is 178 g/mol. The van der Waals surface area contributed by atoms with Crippen molar-refractivity contribution in [2.75, 3.05) is 7.05 Å². The van der Waals surface area contributed by atoms with Crippen molar-refractivity contribution in [1.29, 1.82) is 0 Å². The lowest BCUT2D eigenvalue weighted by Crippen LogP contribution is -2.40. The van der Waals surface area contributed by atoms with Gasteiger partial charge in [0.15, 0.2) is 0 Å². The average molecular weight is 178 g/mol. The SMILES string of the molecule is C[C@H](C1CC1)N(C)S(N)(=O)=O. The summed E-state index contributed by atoms with van der Waals surface area (Å²) in [5.74, 6) is 0.526. The molecule has 0 aromatic carbocycles. The molecule has 0 aromatic rings. The van der Waals surface area contributed by atoms with Gasteiger partial charge in [-0.3, -0.25) is 0 Å². The van der Waals surface area contributed by atoms with E-state index in [0.29, 0.717) is 5.92 Å². The Hall–Kier alpha value is -0.130. The lowest BCUT2D eigenvalue weighted by molar-refractivity contribution is 0.357. The molecule has 0 unspecified atom stereocenters. The first-order valence-electron chi connectivity index (χ1n) is 3.68. The highest BCUT2D eigenvalue weighted by Crippen LogP contribution is 2.34. The maximum Gasteiger partial charge on any atom is 0.276 e. The van der Waals surface area contributed by atoms with Gasteiger partial charge in [0.25, 0.3) is 10.2 Å². The molecule has 0 saturated heterocycles. The Bertz CT molecular complexity index is 233. The molecule has 0 bridgehead atoms. The molecule has 66 valence electrons. The van der Waals surface area contributed by atoms with Crippen LogP contribution in [0, 0.1) is 5.92 Å². The Morgan fingerprint density at radius 3 is 2.27 bits per heavy atom. The number of hydrogen-bond donors (Lipinski definition) is 1. The zero-order chi connectivity index (χ0) is 8.65. The molecule has 2 N–H and O–H groups in total. The first kappa shape index (κ1) is 8.96. The third-order valence-electron chi connectivity index (χ3n) is 2.28. The molecule has 0 radical (unpaired) electrons. The van der Waals surface area contributed by atoms with Gasteiger partial charge < -0.3 is 0 Å². The Kier molecular flexibility index (Phi) is 2.22. The van der Waals surface area contributed by atoms with E-state index in [0.717, 1.165) is 12.8 Å². The molecule has 1 atom stereocenters. The van der Waals surface area contributed by atoms with E-state index < -0.39 is 10.2 Å². The summed E-state index contributed by atoms with van der Waals surface area (Å²) in [6.07, 6.45) is 2.25. The van der Waals surface area contributed by atoms with Crippen LogP contribution >= 0.6 is 0 Å². The van der Waals surface area contributed by atoms with E-state index in [9.17, 15) is 8.42 Å². The van der Waals surface area contributed by atoms with Crippen LogP contribution in [0.3, 0.4) is 0 Å². The first-order chi connectivity index (χ1) is 4.93. The minimum absolute atomic E-state index is 0.0602. The van der Waals surface area contributed by atoms with Crippen molar-refractivity contribution >= 4 is 10.2 Å². The number of rotatable bonds is 3. The molecule has 0 spiro atoms. The zero-order valence-electron chi connectivity index (χ0n) is 6.82. The summed E-state index contributed by atoms with van der Waals surface area (Å²) in [6.45, 7) is 1.89. The highest BCUT2D eigenvalue weighted by Gasteiger charge is 2.33. The molecular formula is C6H14N2O2S. The Labute approximate surface area is 67.6 Å². The van der Waals surface area contributed by atoms with Gasteiger partial charge in [-0.1, -0.05) is 0 Å². The van der Waals surface area contributed by atoms with E-state index in [1.807, 2.05) is 6.92 Å². The van der Waals surface area contributed by atoms with Crippen LogP contribution in [0.5, 0.6) is 0 Å². The maximum absolute atomic E-state index is 10.8. The molecule has 1 fully saturated rings. The number of nitrogens with two attached hydrogens (primary N) is 1. The van der Waals surface area contributed by atoms with Crippen molar-refractivity contribution in [2.24, 2.45) is 11.1 Å². The summed E-state index contributed by atoms with van der Waals surface area (Å²) in [7, 11) is -1.95. The number of hydrogen-bond acceptors (Lipinski definition) is 2. The fourth-order valence-electron chi connectivity index (χ4n) is 1.11. The van der Waals surface area contributed by atoms with Crippen molar-refractivity contribution in [1.82, 2.24) is 4.31 Å². The predicted octanol–water partition coefficient (Wildman–Crippen LogP) is -0.0798. The summed E-state index contributed by atoms with van der Waals surface area (Å²) >= 11 is 0. The second-order valence-corrected chi connectivity index (χ2v) is 4.75. The first-order valence-corrected chi connectivity index (χ1v) is 5.19. The van der Waals surface area contributed by atoms with Gasteiger partial charge in [0.05, 0.1) is 0 Å². The van der Waals surface area contributed by atoms with E-state index in [4.69, 9.17) is 5.14 Å². The summed E-state index contributed by atoms with van der Waals surface area (Å²) in [4.78, 5) is 0. The molecule has 1 saturated carbocycles. The third-order valence-corrected chi connectivity index (χ3v) is 3.41. The van der Waals surface area contributed by atoms with Gasteiger partial charge in [-0.05, 0) is 25.7 Å². The van der Waals surface area contributed by atoms with Crippen molar-refractivity contribution in [3.05, 3.63) is 0 Å². The normalized spacial score (nSPS) is 22.2. The summed E-state index contributed by atoms with van der Waals surface area (Å²) in [6, 6.07) is 0.0602. The molecule has 1 aliphatic carbocycles. The topological polar surface area (TPSA) is 63.4 Å². The maximum atomic E-state index is 10.8. The van der Waals surface area contributed by atoms with Crippen LogP contribution in [0.15, 0.2) is 0 Å². The largest absolute Gasteiger partial charge is 0.276 e. The quantitative estimate of drug-likeness (QED) is 0.657. The van der Waals surface area contributed by atoms with Gasteiger partial charge >= 0.3 is 0 Å². The summed E-state index contributed by atoms with van der Waals surface area (Å²) in [5.41, 5.74) is 0. The summed E-state index contributed by atoms with van der Waals surface area (Å²) < 4.78 is 22.9. The molecule has 4 nitrogen and oxygen atoms in total. The van der Waals surface area contributed by atoms with Crippen LogP contribution in [-0.4, -0.2) is 25.8 Å². The fraction of sp³-hybridized carbons (Fsp3) is 1.00. The van der Waals surface area contributed by atoms with Gasteiger partial charge in [-0.25, -0.2) is 5.14 Å². The highest BCUT2D eigenvalue weighted by molar-refractivity contribution is 7.86. The van der Waals surface area contributed by atoms with E-state index in [2.05, 4.69) is 0 Å². The molecule has 11 heavy (non-hydrogen) atoms. The van der Waals surface area contributed by atoms with Crippen LogP contribution < -0.4 is 5.14 Å². The van der Waals surface area contributed by atoms with E-state index in [1.165, 1.54) is 11.4 Å². The molecule has 1 aliphatic rings. The van der Waals surface area contributed by atoms with E-state index in [-0.39, 0.29) is 6.04 Å². The molecule has 0 amide bonds.